The Labute approximate surface area is 348 Å². The summed E-state index contributed by atoms with van der Waals surface area (Å²) in [5.41, 5.74) is 0.578. The molecular formula is C50H33BN2O2. The van der Waals surface area contributed by atoms with Crippen molar-refractivity contribution < 1.29 is 36.9 Å². The highest BCUT2D eigenvalue weighted by atomic mass is 16.5. The van der Waals surface area contributed by atoms with Crippen LogP contribution in [0.3, 0.4) is 0 Å². The fourth-order valence-corrected chi connectivity index (χ4v) is 7.42. The number of benzene rings is 9. The summed E-state index contributed by atoms with van der Waals surface area (Å²) in [5, 5.41) is 2.15. The van der Waals surface area contributed by atoms with E-state index in [1.54, 1.807) is 66.7 Å². The van der Waals surface area contributed by atoms with Crippen LogP contribution in [0.25, 0.3) is 21.5 Å². The Morgan fingerprint density at radius 2 is 0.782 bits per heavy atom. The molecule has 0 aromatic heterocycles. The van der Waals surface area contributed by atoms with E-state index in [2.05, 4.69) is 0 Å². The van der Waals surface area contributed by atoms with E-state index in [0.29, 0.717) is 60.9 Å². The number of nitrogens with zero attached hydrogens (tertiary/aromatic N) is 2. The van der Waals surface area contributed by atoms with E-state index in [0.717, 1.165) is 9.80 Å². The number of ether oxygens (including phenoxy) is 2. The maximum absolute atomic E-state index is 8.90. The Kier molecular flexibility index (Phi) is 3.99. The largest absolute Gasteiger partial charge is 0.458 e. The molecule has 0 saturated heterocycles. The van der Waals surface area contributed by atoms with Gasteiger partial charge in [-0.1, -0.05) is 103 Å². The number of rotatable bonds is 6. The SMILES string of the molecule is [2H]c1c([2H])c([2H])c(N(c2ccc3c4c(ccc3c2)B2c3ccc5cc(N(c6c([2H])c([2H])c([2H])c([2H])c6[2H])c6c([2H])c([2H])c([2H])c([2H])c6[2H])ccc5c3Oc3cccc(c32)O4)c2c([2H])c([2H])c([2H])c([2H])c2[2H])c([2H])c1[2H]. The zero-order valence-electron chi connectivity index (χ0n) is 48.3. The molecule has 2 heterocycles. The van der Waals surface area contributed by atoms with Crippen molar-refractivity contribution >= 4 is 78.8 Å². The minimum atomic E-state index is -0.696. The highest BCUT2D eigenvalue weighted by Gasteiger charge is 2.41. The van der Waals surface area contributed by atoms with Crippen molar-refractivity contribution in [2.24, 2.45) is 0 Å². The second-order valence-corrected chi connectivity index (χ2v) is 12.6. The summed E-state index contributed by atoms with van der Waals surface area (Å²) < 4.78 is 185. The van der Waals surface area contributed by atoms with Gasteiger partial charge in [0.2, 0.25) is 0 Å². The van der Waals surface area contributed by atoms with Crippen molar-refractivity contribution in [1.29, 1.82) is 0 Å². The highest BCUT2D eigenvalue weighted by Crippen LogP contribution is 2.43. The van der Waals surface area contributed by atoms with Crippen molar-refractivity contribution in [3.05, 3.63) is 200 Å². The van der Waals surface area contributed by atoms with Crippen LogP contribution in [-0.4, -0.2) is 6.71 Å². The van der Waals surface area contributed by atoms with Gasteiger partial charge in [0.25, 0.3) is 6.71 Å². The lowest BCUT2D eigenvalue weighted by molar-refractivity contribution is 0.470. The Morgan fingerprint density at radius 1 is 0.400 bits per heavy atom. The molecule has 258 valence electrons. The topological polar surface area (TPSA) is 24.9 Å². The van der Waals surface area contributed by atoms with Gasteiger partial charge in [-0.2, -0.15) is 0 Å². The first kappa shape index (κ1) is 17.3. The predicted octanol–water partition coefficient (Wildman–Crippen LogP) is 11.7. The summed E-state index contributed by atoms with van der Waals surface area (Å²) in [6, 6.07) is 8.56. The molecule has 0 amide bonds. The zero-order chi connectivity index (χ0) is 53.7. The number of fused-ring (bicyclic) bond motifs is 8. The number of hydrogen-bond acceptors (Lipinski definition) is 4. The van der Waals surface area contributed by atoms with E-state index in [4.69, 9.17) is 36.9 Å². The third-order valence-corrected chi connectivity index (χ3v) is 9.69. The number of hydrogen-bond donors (Lipinski definition) is 0. The molecule has 5 heteroatoms. The van der Waals surface area contributed by atoms with Crippen LogP contribution in [0.4, 0.5) is 34.1 Å². The van der Waals surface area contributed by atoms with E-state index in [1.165, 1.54) is 0 Å². The molecule has 2 aliphatic rings. The molecule has 55 heavy (non-hydrogen) atoms. The van der Waals surface area contributed by atoms with Crippen LogP contribution in [-0.2, 0) is 0 Å². The minimum absolute atomic E-state index is 0.108. The van der Waals surface area contributed by atoms with Crippen LogP contribution in [0, 0.1) is 0 Å². The summed E-state index contributed by atoms with van der Waals surface area (Å²) in [6.07, 6.45) is 0. The molecule has 0 saturated carbocycles. The van der Waals surface area contributed by atoms with Crippen molar-refractivity contribution in [1.82, 2.24) is 0 Å². The van der Waals surface area contributed by atoms with Crippen LogP contribution in [0.5, 0.6) is 23.0 Å². The molecule has 0 aliphatic carbocycles. The maximum atomic E-state index is 8.90. The van der Waals surface area contributed by atoms with Gasteiger partial charge in [-0.3, -0.25) is 0 Å². The Bertz CT molecular complexity index is 3570. The Balaban J connectivity index is 1.08. The van der Waals surface area contributed by atoms with Crippen LogP contribution in [0.15, 0.2) is 200 Å². The molecule has 0 fully saturated rings. The molecule has 0 radical (unpaired) electrons. The summed E-state index contributed by atoms with van der Waals surface area (Å²) >= 11 is 0. The van der Waals surface area contributed by atoms with Gasteiger partial charge >= 0.3 is 0 Å². The second kappa shape index (κ2) is 12.7. The number of para-hydroxylation sites is 4. The van der Waals surface area contributed by atoms with Crippen LogP contribution >= 0.6 is 0 Å². The molecule has 0 N–H and O–H groups in total. The van der Waals surface area contributed by atoms with Gasteiger partial charge in [0.05, 0.1) is 27.4 Å². The van der Waals surface area contributed by atoms with Crippen molar-refractivity contribution in [2.45, 2.75) is 0 Å². The molecule has 0 spiro atoms. The first-order chi connectivity index (χ1) is 35.6. The van der Waals surface area contributed by atoms with Gasteiger partial charge in [-0.05, 0) is 119 Å². The monoisotopic (exact) mass is 724 g/mol. The summed E-state index contributed by atoms with van der Waals surface area (Å²) in [7, 11) is 0. The van der Waals surface area contributed by atoms with Crippen molar-refractivity contribution in [3.8, 4) is 23.0 Å². The smallest absolute Gasteiger partial charge is 0.260 e. The number of anilines is 6. The van der Waals surface area contributed by atoms with Gasteiger partial charge in [0, 0.05) is 50.4 Å². The minimum Gasteiger partial charge on any atom is -0.458 e. The molecule has 11 rings (SSSR count). The van der Waals surface area contributed by atoms with Gasteiger partial charge in [0.15, 0.2) is 0 Å². The lowest BCUT2D eigenvalue weighted by Crippen LogP contribution is -2.57. The third kappa shape index (κ3) is 5.16. The van der Waals surface area contributed by atoms with Crippen molar-refractivity contribution in [3.63, 3.8) is 0 Å². The van der Waals surface area contributed by atoms with E-state index in [-0.39, 0.29) is 11.4 Å². The lowest BCUT2D eigenvalue weighted by Gasteiger charge is -2.34. The Morgan fingerprint density at radius 3 is 1.16 bits per heavy atom. The highest BCUT2D eigenvalue weighted by molar-refractivity contribution is 6.98. The molecule has 0 bridgehead atoms. The molecular weight excluding hydrogens is 671 g/mol. The van der Waals surface area contributed by atoms with Crippen molar-refractivity contribution in [2.75, 3.05) is 9.80 Å². The zero-order valence-corrected chi connectivity index (χ0v) is 28.3. The standard InChI is InChI=1S/C50H33BN2O2/c1-5-14-36(15-6-1)52(37-16-7-2-8-17-37)40-26-28-42-34(32-40)24-30-44-49(42)54-46-22-13-23-47-48(46)51(44)45-31-25-35-33-41(27-29-43(35)50(45)55-47)53(38-18-9-3-10-19-38)39-20-11-4-12-21-39/h1-33H/i1D,2D,3D,4D,5D,6D,7D,8D,9D,10D,11D,12D,14D,15D,16D,17D,18D,19D,20D,21D. The molecule has 0 atom stereocenters. The maximum Gasteiger partial charge on any atom is 0.260 e. The first-order valence-electron chi connectivity index (χ1n) is 27.1. The van der Waals surface area contributed by atoms with E-state index < -0.39 is 150 Å². The summed E-state index contributed by atoms with van der Waals surface area (Å²) in [5.74, 6) is 1.80. The van der Waals surface area contributed by atoms with Gasteiger partial charge in [-0.15, -0.1) is 0 Å². The molecule has 9 aromatic rings. The molecule has 4 nitrogen and oxygen atoms in total. The van der Waals surface area contributed by atoms with E-state index >= 15 is 0 Å². The van der Waals surface area contributed by atoms with Crippen LogP contribution < -0.4 is 35.7 Å². The summed E-state index contributed by atoms with van der Waals surface area (Å²) in [6.45, 7) is -0.515. The average Bonchev–Trinajstić information content (AvgIpc) is 3.41. The predicted molar refractivity (Wildman–Crippen MR) is 229 cm³/mol. The summed E-state index contributed by atoms with van der Waals surface area (Å²) in [4.78, 5) is 2.17. The fraction of sp³-hybridized carbons (Fsp3) is 0. The quantitative estimate of drug-likeness (QED) is 0.159. The Hall–Kier alpha value is -7.24. The average molecular weight is 725 g/mol. The van der Waals surface area contributed by atoms with Gasteiger partial charge in [-0.25, -0.2) is 0 Å². The van der Waals surface area contributed by atoms with Crippen LogP contribution in [0.2, 0.25) is 0 Å². The van der Waals surface area contributed by atoms with Gasteiger partial charge < -0.3 is 19.3 Å². The first-order valence-corrected chi connectivity index (χ1v) is 17.1. The third-order valence-electron chi connectivity index (χ3n) is 9.69. The molecule has 0 unspecified atom stereocenters. The van der Waals surface area contributed by atoms with Gasteiger partial charge in [0.1, 0.15) is 23.0 Å². The fourth-order valence-electron chi connectivity index (χ4n) is 7.42. The lowest BCUT2D eigenvalue weighted by atomic mass is 9.34. The van der Waals surface area contributed by atoms with Crippen LogP contribution in [0.1, 0.15) is 27.4 Å². The second-order valence-electron chi connectivity index (χ2n) is 12.6. The molecule has 9 aromatic carbocycles. The van der Waals surface area contributed by atoms with E-state index in [1.807, 2.05) is 12.1 Å². The normalized spacial score (nSPS) is 17.3. The van der Waals surface area contributed by atoms with E-state index in [9.17, 15) is 0 Å². The molecule has 2 aliphatic heterocycles.